The molecule has 2 rings (SSSR count). The van der Waals surface area contributed by atoms with Crippen molar-refractivity contribution in [2.75, 3.05) is 23.8 Å². The summed E-state index contributed by atoms with van der Waals surface area (Å²) in [5.74, 6) is -0.0305. The maximum Gasteiger partial charge on any atom is 0.243 e. The van der Waals surface area contributed by atoms with Crippen LogP contribution in [0.2, 0.25) is 5.02 Å². The fourth-order valence-corrected chi connectivity index (χ4v) is 2.00. The predicted octanol–water partition coefficient (Wildman–Crippen LogP) is 3.93. The van der Waals surface area contributed by atoms with Gasteiger partial charge in [0, 0.05) is 17.4 Å². The van der Waals surface area contributed by atoms with Crippen LogP contribution in [0.4, 0.5) is 15.8 Å². The minimum Gasteiger partial charge on any atom is -0.494 e. The molecule has 0 fully saturated rings. The third kappa shape index (κ3) is 4.63. The van der Waals surface area contributed by atoms with Gasteiger partial charge in [-0.25, -0.2) is 4.39 Å². The monoisotopic (exact) mass is 322 g/mol. The highest BCUT2D eigenvalue weighted by Crippen LogP contribution is 2.19. The number of ether oxygens (including phenoxy) is 1. The molecule has 116 valence electrons. The third-order valence-corrected chi connectivity index (χ3v) is 3.09. The average Bonchev–Trinajstić information content (AvgIpc) is 2.49. The molecule has 0 aliphatic heterocycles. The van der Waals surface area contributed by atoms with Gasteiger partial charge in [-0.3, -0.25) is 4.79 Å². The zero-order valence-corrected chi connectivity index (χ0v) is 12.8. The van der Waals surface area contributed by atoms with Gasteiger partial charge in [0.15, 0.2) is 0 Å². The lowest BCUT2D eigenvalue weighted by Gasteiger charge is -2.09. The highest BCUT2D eigenvalue weighted by atomic mass is 35.5. The first kappa shape index (κ1) is 16.1. The molecule has 0 unspecified atom stereocenters. The van der Waals surface area contributed by atoms with Crippen molar-refractivity contribution in [2.24, 2.45) is 0 Å². The lowest BCUT2D eigenvalue weighted by Crippen LogP contribution is -2.21. The molecule has 0 saturated heterocycles. The Labute approximate surface area is 133 Å². The molecule has 22 heavy (non-hydrogen) atoms. The summed E-state index contributed by atoms with van der Waals surface area (Å²) in [7, 11) is 0. The van der Waals surface area contributed by atoms with Crippen molar-refractivity contribution >= 4 is 28.9 Å². The van der Waals surface area contributed by atoms with Gasteiger partial charge in [-0.1, -0.05) is 17.7 Å². The molecule has 0 atom stereocenters. The van der Waals surface area contributed by atoms with Crippen molar-refractivity contribution in [1.29, 1.82) is 0 Å². The van der Waals surface area contributed by atoms with Crippen LogP contribution in [0.25, 0.3) is 0 Å². The van der Waals surface area contributed by atoms with Crippen LogP contribution < -0.4 is 15.4 Å². The van der Waals surface area contributed by atoms with E-state index in [2.05, 4.69) is 10.6 Å². The highest BCUT2D eigenvalue weighted by molar-refractivity contribution is 6.31. The van der Waals surface area contributed by atoms with Crippen molar-refractivity contribution in [3.05, 3.63) is 53.3 Å². The Morgan fingerprint density at radius 3 is 2.77 bits per heavy atom. The summed E-state index contributed by atoms with van der Waals surface area (Å²) >= 11 is 5.68. The molecule has 0 spiro atoms. The van der Waals surface area contributed by atoms with Gasteiger partial charge < -0.3 is 15.4 Å². The van der Waals surface area contributed by atoms with E-state index in [4.69, 9.17) is 16.3 Å². The van der Waals surface area contributed by atoms with Crippen LogP contribution in [0.5, 0.6) is 5.75 Å². The first-order chi connectivity index (χ1) is 10.6. The van der Waals surface area contributed by atoms with E-state index in [0.717, 1.165) is 0 Å². The van der Waals surface area contributed by atoms with Crippen LogP contribution in [0, 0.1) is 5.82 Å². The van der Waals surface area contributed by atoms with Crippen LogP contribution in [0.1, 0.15) is 6.92 Å². The maximum atomic E-state index is 13.0. The number of benzene rings is 2. The van der Waals surface area contributed by atoms with Crippen LogP contribution in [0.15, 0.2) is 42.5 Å². The van der Waals surface area contributed by atoms with Crippen molar-refractivity contribution < 1.29 is 13.9 Å². The van der Waals surface area contributed by atoms with Crippen LogP contribution in [-0.4, -0.2) is 19.1 Å². The lowest BCUT2D eigenvalue weighted by molar-refractivity contribution is -0.114. The summed E-state index contributed by atoms with van der Waals surface area (Å²) in [6.07, 6.45) is 0. The van der Waals surface area contributed by atoms with Crippen LogP contribution >= 0.6 is 11.6 Å². The number of nitrogens with one attached hydrogen (secondary N) is 2. The summed E-state index contributed by atoms with van der Waals surface area (Å²) in [5, 5.41) is 5.64. The molecule has 0 heterocycles. The number of amides is 1. The van der Waals surface area contributed by atoms with Gasteiger partial charge in [-0.15, -0.1) is 0 Å². The molecule has 2 aromatic carbocycles. The number of carbonyl (C=O) groups is 1. The van der Waals surface area contributed by atoms with Gasteiger partial charge in [-0.2, -0.15) is 0 Å². The van der Waals surface area contributed by atoms with Crippen LogP contribution in [-0.2, 0) is 4.79 Å². The van der Waals surface area contributed by atoms with E-state index in [1.807, 2.05) is 13.0 Å². The molecule has 2 aromatic rings. The normalized spacial score (nSPS) is 10.1. The molecule has 0 aliphatic carbocycles. The van der Waals surface area contributed by atoms with Gasteiger partial charge in [0.1, 0.15) is 11.6 Å². The molecule has 2 N–H and O–H groups in total. The number of anilines is 2. The Balaban J connectivity index is 1.90. The van der Waals surface area contributed by atoms with Gasteiger partial charge in [0.25, 0.3) is 0 Å². The summed E-state index contributed by atoms with van der Waals surface area (Å²) in [6.45, 7) is 2.49. The molecular formula is C16H16ClFN2O2. The van der Waals surface area contributed by atoms with Gasteiger partial charge in [-0.05, 0) is 37.3 Å². The fraction of sp³-hybridized carbons (Fsp3) is 0.188. The minimum absolute atomic E-state index is 0.00910. The van der Waals surface area contributed by atoms with Crippen molar-refractivity contribution in [3.8, 4) is 5.75 Å². The minimum atomic E-state index is -0.496. The number of hydrogen-bond acceptors (Lipinski definition) is 3. The molecule has 0 saturated carbocycles. The van der Waals surface area contributed by atoms with E-state index in [9.17, 15) is 9.18 Å². The Hall–Kier alpha value is -2.27. The predicted molar refractivity (Wildman–Crippen MR) is 86.1 cm³/mol. The summed E-state index contributed by atoms with van der Waals surface area (Å²) in [5.41, 5.74) is 1.22. The summed E-state index contributed by atoms with van der Waals surface area (Å²) in [4.78, 5) is 11.9. The molecule has 0 aromatic heterocycles. The Bertz CT molecular complexity index is 664. The second kappa shape index (κ2) is 7.66. The zero-order chi connectivity index (χ0) is 15.9. The number of rotatable bonds is 6. The summed E-state index contributed by atoms with van der Waals surface area (Å²) < 4.78 is 18.4. The number of carbonyl (C=O) groups excluding carboxylic acids is 1. The van der Waals surface area contributed by atoms with E-state index >= 15 is 0 Å². The van der Waals surface area contributed by atoms with Crippen molar-refractivity contribution in [2.45, 2.75) is 6.92 Å². The fourth-order valence-electron chi connectivity index (χ4n) is 1.82. The Morgan fingerprint density at radius 1 is 1.23 bits per heavy atom. The van der Waals surface area contributed by atoms with E-state index < -0.39 is 5.82 Å². The molecule has 1 amide bonds. The Morgan fingerprint density at radius 2 is 2.05 bits per heavy atom. The molecule has 0 radical (unpaired) electrons. The van der Waals surface area contributed by atoms with E-state index in [-0.39, 0.29) is 17.5 Å². The quantitative estimate of drug-likeness (QED) is 0.847. The summed E-state index contributed by atoms with van der Waals surface area (Å²) in [6, 6.07) is 11.3. The molecular weight excluding hydrogens is 307 g/mol. The van der Waals surface area contributed by atoms with Crippen LogP contribution in [0.3, 0.4) is 0 Å². The zero-order valence-electron chi connectivity index (χ0n) is 12.0. The second-order valence-corrected chi connectivity index (χ2v) is 4.90. The number of halogens is 2. The standard InChI is InChI=1S/C16H16ClFN2O2/c1-2-22-13-5-3-4-12(8-13)20-16(21)10-19-11-6-7-15(18)14(17)9-11/h3-9,19H,2,10H2,1H3,(H,20,21). The first-order valence-electron chi connectivity index (χ1n) is 6.80. The van der Waals surface area contributed by atoms with E-state index in [1.54, 1.807) is 18.2 Å². The van der Waals surface area contributed by atoms with Crippen molar-refractivity contribution in [1.82, 2.24) is 0 Å². The topological polar surface area (TPSA) is 50.4 Å². The first-order valence-corrected chi connectivity index (χ1v) is 7.18. The largest absolute Gasteiger partial charge is 0.494 e. The SMILES string of the molecule is CCOc1cccc(NC(=O)CNc2ccc(F)c(Cl)c2)c1. The van der Waals surface area contributed by atoms with Crippen molar-refractivity contribution in [3.63, 3.8) is 0 Å². The molecule has 4 nitrogen and oxygen atoms in total. The molecule has 0 bridgehead atoms. The average molecular weight is 323 g/mol. The Kier molecular flexibility index (Phi) is 5.61. The molecule has 6 heteroatoms. The lowest BCUT2D eigenvalue weighted by atomic mass is 10.3. The van der Waals surface area contributed by atoms with Gasteiger partial charge >= 0.3 is 0 Å². The third-order valence-electron chi connectivity index (χ3n) is 2.80. The second-order valence-electron chi connectivity index (χ2n) is 4.49. The highest BCUT2D eigenvalue weighted by Gasteiger charge is 2.05. The number of hydrogen-bond donors (Lipinski definition) is 2. The smallest absolute Gasteiger partial charge is 0.243 e. The van der Waals surface area contributed by atoms with Gasteiger partial charge in [0.05, 0.1) is 18.2 Å². The van der Waals surface area contributed by atoms with Gasteiger partial charge in [0.2, 0.25) is 5.91 Å². The molecule has 0 aliphatic rings. The van der Waals surface area contributed by atoms with E-state index in [0.29, 0.717) is 23.7 Å². The van der Waals surface area contributed by atoms with E-state index in [1.165, 1.54) is 18.2 Å². The maximum absolute atomic E-state index is 13.0.